The molecule has 3 aliphatic heterocycles. The number of piperidine rings is 3. The summed E-state index contributed by atoms with van der Waals surface area (Å²) in [6.07, 6.45) is 11.9. The lowest BCUT2D eigenvalue weighted by molar-refractivity contribution is -0.134. The van der Waals surface area contributed by atoms with Crippen LogP contribution in [0.25, 0.3) is 0 Å². The zero-order valence-corrected chi connectivity index (χ0v) is 20.8. The second kappa shape index (κ2) is 13.2. The first-order chi connectivity index (χ1) is 16.9. The molecule has 2 N–H and O–H groups in total. The quantitative estimate of drug-likeness (QED) is 0.317. The Morgan fingerprint density at radius 3 is 1.80 bits per heavy atom. The molecular weight excluding hydrogens is 438 g/mol. The number of carbonyl (C=O) groups is 2. The third-order valence-electron chi connectivity index (χ3n) is 7.58. The van der Waals surface area contributed by atoms with E-state index in [4.69, 9.17) is 10.2 Å². The molecule has 35 heavy (non-hydrogen) atoms. The van der Waals surface area contributed by atoms with E-state index < -0.39 is 11.9 Å². The van der Waals surface area contributed by atoms with E-state index in [2.05, 4.69) is 72.5 Å². The Kier molecular flexibility index (Phi) is 10.1. The standard InChI is InChI=1S/C26H35N.C4H4O4/c1-2-3-10-17-26(23-11-6-4-7-12-23,24-13-8-5-9-14-24)21-25-20-22-15-18-27(25)19-16-22;5-3(6)1-2-4(7)8/h4-9,11-14,22,25H,2-3,10,15-21H2,1H3;1-2H,(H,5,6)(H,7,8). The van der Waals surface area contributed by atoms with E-state index in [1.165, 1.54) is 75.6 Å². The molecule has 3 aliphatic rings. The summed E-state index contributed by atoms with van der Waals surface area (Å²) in [5.74, 6) is -1.54. The summed E-state index contributed by atoms with van der Waals surface area (Å²) < 4.78 is 0. The third kappa shape index (κ3) is 7.53. The Bertz CT molecular complexity index is 893. The van der Waals surface area contributed by atoms with Crippen molar-refractivity contribution in [3.63, 3.8) is 0 Å². The molecule has 1 atom stereocenters. The molecular formula is C30H39NO4. The van der Waals surface area contributed by atoms with Gasteiger partial charge in [0.25, 0.3) is 0 Å². The molecule has 3 fully saturated rings. The molecule has 3 heterocycles. The summed E-state index contributed by atoms with van der Waals surface area (Å²) in [7, 11) is 0. The molecule has 5 nitrogen and oxygen atoms in total. The van der Waals surface area contributed by atoms with Gasteiger partial charge in [-0.05, 0) is 62.2 Å². The van der Waals surface area contributed by atoms with Crippen LogP contribution in [0, 0.1) is 5.92 Å². The number of hydrogen-bond acceptors (Lipinski definition) is 3. The van der Waals surface area contributed by atoms with Crippen LogP contribution in [-0.2, 0) is 15.0 Å². The SMILES string of the molecule is CCCCCC(CC1CC2CCN1CC2)(c1ccccc1)c1ccccc1.O=C(O)C=CC(=O)O. The van der Waals surface area contributed by atoms with Crippen LogP contribution in [-0.4, -0.2) is 46.2 Å². The van der Waals surface area contributed by atoms with Gasteiger partial charge >= 0.3 is 11.9 Å². The Morgan fingerprint density at radius 2 is 1.40 bits per heavy atom. The highest BCUT2D eigenvalue weighted by atomic mass is 16.4. The Morgan fingerprint density at radius 1 is 0.886 bits per heavy atom. The minimum Gasteiger partial charge on any atom is -0.478 e. The van der Waals surface area contributed by atoms with Crippen molar-refractivity contribution in [3.8, 4) is 0 Å². The van der Waals surface area contributed by atoms with Crippen LogP contribution in [0.5, 0.6) is 0 Å². The lowest BCUT2D eigenvalue weighted by Crippen LogP contribution is -2.51. The molecule has 0 spiro atoms. The number of rotatable bonds is 10. The van der Waals surface area contributed by atoms with E-state index in [0.717, 1.165) is 12.0 Å². The number of fused-ring (bicyclic) bond motifs is 3. The van der Waals surface area contributed by atoms with Crippen molar-refractivity contribution in [1.29, 1.82) is 0 Å². The maximum atomic E-state index is 9.55. The molecule has 3 saturated heterocycles. The third-order valence-corrected chi connectivity index (χ3v) is 7.58. The molecule has 5 rings (SSSR count). The maximum Gasteiger partial charge on any atom is 0.328 e. The van der Waals surface area contributed by atoms with Crippen molar-refractivity contribution < 1.29 is 19.8 Å². The van der Waals surface area contributed by atoms with E-state index in [0.29, 0.717) is 12.2 Å². The topological polar surface area (TPSA) is 77.8 Å². The van der Waals surface area contributed by atoms with Gasteiger partial charge in [-0.1, -0.05) is 86.8 Å². The highest BCUT2D eigenvalue weighted by Crippen LogP contribution is 2.45. The average Bonchev–Trinajstić information content (AvgIpc) is 2.89. The van der Waals surface area contributed by atoms with E-state index in [1.54, 1.807) is 0 Å². The molecule has 0 aromatic heterocycles. The average molecular weight is 478 g/mol. The second-order valence-electron chi connectivity index (χ2n) is 9.85. The molecule has 0 radical (unpaired) electrons. The number of carboxylic acids is 2. The van der Waals surface area contributed by atoms with Gasteiger partial charge in [0.15, 0.2) is 0 Å². The molecule has 188 valence electrons. The van der Waals surface area contributed by atoms with Gasteiger partial charge in [-0.3, -0.25) is 0 Å². The summed E-state index contributed by atoms with van der Waals surface area (Å²) in [5.41, 5.74) is 3.20. The predicted molar refractivity (Wildman–Crippen MR) is 140 cm³/mol. The number of unbranched alkanes of at least 4 members (excludes halogenated alkanes) is 2. The molecule has 1 unspecified atom stereocenters. The largest absolute Gasteiger partial charge is 0.478 e. The first-order valence-electron chi connectivity index (χ1n) is 12.9. The maximum absolute atomic E-state index is 9.55. The van der Waals surface area contributed by atoms with E-state index >= 15 is 0 Å². The normalized spacial score (nSPS) is 21.3. The van der Waals surface area contributed by atoms with Crippen LogP contribution >= 0.6 is 0 Å². The zero-order chi connectivity index (χ0) is 25.1. The fourth-order valence-electron chi connectivity index (χ4n) is 5.83. The van der Waals surface area contributed by atoms with E-state index in [-0.39, 0.29) is 5.41 Å². The lowest BCUT2D eigenvalue weighted by atomic mass is 9.65. The van der Waals surface area contributed by atoms with Crippen molar-refractivity contribution in [2.45, 2.75) is 69.7 Å². The number of hydrogen-bond donors (Lipinski definition) is 2. The van der Waals surface area contributed by atoms with Crippen molar-refractivity contribution in [2.24, 2.45) is 5.92 Å². The van der Waals surface area contributed by atoms with Crippen LogP contribution in [0.3, 0.4) is 0 Å². The fraction of sp³-hybridized carbons (Fsp3) is 0.467. The first-order valence-corrected chi connectivity index (χ1v) is 12.9. The van der Waals surface area contributed by atoms with Gasteiger partial charge in [-0.2, -0.15) is 0 Å². The molecule has 0 saturated carbocycles. The first kappa shape index (κ1) is 26.7. The number of benzene rings is 2. The number of carboxylic acid groups (broad SMARTS) is 2. The van der Waals surface area contributed by atoms with Gasteiger partial charge in [0, 0.05) is 23.6 Å². The van der Waals surface area contributed by atoms with Crippen LogP contribution in [0.1, 0.15) is 69.4 Å². The highest BCUT2D eigenvalue weighted by Gasteiger charge is 2.41. The molecule has 0 aliphatic carbocycles. The van der Waals surface area contributed by atoms with Crippen LogP contribution in [0.2, 0.25) is 0 Å². The Balaban J connectivity index is 0.000000371. The van der Waals surface area contributed by atoms with Crippen molar-refractivity contribution in [1.82, 2.24) is 4.90 Å². The van der Waals surface area contributed by atoms with Gasteiger partial charge < -0.3 is 15.1 Å². The van der Waals surface area contributed by atoms with Gasteiger partial charge in [0.2, 0.25) is 0 Å². The Labute approximate surface area is 209 Å². The lowest BCUT2D eigenvalue weighted by Gasteiger charge is -2.49. The fourth-order valence-corrected chi connectivity index (χ4v) is 5.83. The molecule has 5 heteroatoms. The van der Waals surface area contributed by atoms with Crippen LogP contribution in [0.15, 0.2) is 72.8 Å². The summed E-state index contributed by atoms with van der Waals surface area (Å²) in [5, 5.41) is 15.6. The summed E-state index contributed by atoms with van der Waals surface area (Å²) in [6, 6.07) is 23.6. The van der Waals surface area contributed by atoms with Crippen molar-refractivity contribution in [3.05, 3.63) is 83.9 Å². The van der Waals surface area contributed by atoms with Gasteiger partial charge in [-0.25, -0.2) is 9.59 Å². The zero-order valence-electron chi connectivity index (χ0n) is 20.8. The second-order valence-corrected chi connectivity index (χ2v) is 9.85. The predicted octanol–water partition coefficient (Wildman–Crippen LogP) is 6.14. The number of aliphatic carboxylic acids is 2. The van der Waals surface area contributed by atoms with E-state index in [1.807, 2.05) is 0 Å². The van der Waals surface area contributed by atoms with Gasteiger partial charge in [0.1, 0.15) is 0 Å². The highest BCUT2D eigenvalue weighted by molar-refractivity contribution is 5.89. The summed E-state index contributed by atoms with van der Waals surface area (Å²) in [4.78, 5) is 21.9. The van der Waals surface area contributed by atoms with Gasteiger partial charge in [-0.15, -0.1) is 0 Å². The number of nitrogens with zero attached hydrogens (tertiary/aromatic N) is 1. The minimum atomic E-state index is -1.26. The summed E-state index contributed by atoms with van der Waals surface area (Å²) in [6.45, 7) is 4.96. The minimum absolute atomic E-state index is 0.153. The van der Waals surface area contributed by atoms with Crippen molar-refractivity contribution >= 4 is 11.9 Å². The molecule has 2 bridgehead atoms. The molecule has 0 amide bonds. The van der Waals surface area contributed by atoms with Crippen LogP contribution < -0.4 is 0 Å². The molecule has 2 aromatic rings. The Hall–Kier alpha value is -2.92. The van der Waals surface area contributed by atoms with E-state index in [9.17, 15) is 9.59 Å². The van der Waals surface area contributed by atoms with Gasteiger partial charge in [0.05, 0.1) is 0 Å². The summed E-state index contributed by atoms with van der Waals surface area (Å²) >= 11 is 0. The van der Waals surface area contributed by atoms with Crippen molar-refractivity contribution in [2.75, 3.05) is 13.1 Å². The monoisotopic (exact) mass is 477 g/mol. The molecule has 2 aromatic carbocycles. The van der Waals surface area contributed by atoms with Crippen LogP contribution in [0.4, 0.5) is 0 Å². The smallest absolute Gasteiger partial charge is 0.328 e.